The lowest BCUT2D eigenvalue weighted by atomic mass is 9.78. The third-order valence-electron chi connectivity index (χ3n) is 3.30. The van der Waals surface area contributed by atoms with Crippen molar-refractivity contribution in [2.24, 2.45) is 5.41 Å². The highest BCUT2D eigenvalue weighted by molar-refractivity contribution is 9.09. The average Bonchev–Trinajstić information content (AvgIpc) is 2.46. The van der Waals surface area contributed by atoms with Gasteiger partial charge in [-0.1, -0.05) is 29.8 Å². The van der Waals surface area contributed by atoms with Gasteiger partial charge in [-0.3, -0.25) is 0 Å². The van der Waals surface area contributed by atoms with Crippen LogP contribution in [0.2, 0.25) is 0 Å². The number of aliphatic hydroxyl groups excluding tert-OH is 1. The summed E-state index contributed by atoms with van der Waals surface area (Å²) < 4.78 is 5.79. The molecule has 0 amide bonds. The Morgan fingerprint density at radius 2 is 2.08 bits per heavy atom. The summed E-state index contributed by atoms with van der Waals surface area (Å²) in [5, 5.41) is 9.96. The van der Waals surface area contributed by atoms with Gasteiger partial charge in [0.15, 0.2) is 0 Å². The normalized spacial score (nSPS) is 51.0. The zero-order valence-electron chi connectivity index (χ0n) is 7.46. The van der Waals surface area contributed by atoms with Crippen molar-refractivity contribution >= 4 is 15.9 Å². The number of fused-ring (bicyclic) bond motifs is 2. The molecule has 0 saturated carbocycles. The van der Waals surface area contributed by atoms with Gasteiger partial charge in [-0.05, 0) is 12.8 Å². The molecule has 0 aromatic heterocycles. The largest absolute Gasteiger partial charge is 0.391 e. The smallest absolute Gasteiger partial charge is 0.0765 e. The van der Waals surface area contributed by atoms with Gasteiger partial charge in [0.1, 0.15) is 0 Å². The topological polar surface area (TPSA) is 29.5 Å². The summed E-state index contributed by atoms with van der Waals surface area (Å²) in [6.07, 6.45) is 2.39. The third-order valence-corrected chi connectivity index (χ3v) is 4.39. The van der Waals surface area contributed by atoms with Crippen molar-refractivity contribution in [2.45, 2.75) is 49.8 Å². The first-order valence-electron chi connectivity index (χ1n) is 4.51. The number of ether oxygens (including phenoxy) is 1. The van der Waals surface area contributed by atoms with Crippen molar-refractivity contribution in [3.05, 3.63) is 0 Å². The van der Waals surface area contributed by atoms with E-state index in [-0.39, 0.29) is 28.6 Å². The van der Waals surface area contributed by atoms with E-state index in [4.69, 9.17) is 4.74 Å². The Hall–Kier alpha value is 0.400. The zero-order chi connectivity index (χ0) is 8.93. The molecule has 2 aliphatic heterocycles. The summed E-state index contributed by atoms with van der Waals surface area (Å²) in [5.41, 5.74) is -0.0961. The van der Waals surface area contributed by atoms with E-state index in [1.54, 1.807) is 0 Å². The van der Waals surface area contributed by atoms with Gasteiger partial charge >= 0.3 is 0 Å². The Labute approximate surface area is 81.4 Å². The van der Waals surface area contributed by atoms with Crippen LogP contribution in [0.5, 0.6) is 0 Å². The van der Waals surface area contributed by atoms with Gasteiger partial charge in [0.05, 0.1) is 23.1 Å². The number of rotatable bonds is 0. The lowest BCUT2D eigenvalue weighted by Crippen LogP contribution is -2.52. The highest BCUT2D eigenvalue weighted by Crippen LogP contribution is 2.46. The molecule has 2 rings (SSSR count). The standard InChI is InChI=1S/C9H15BrO2/c1-9(2)6-4-3-5(12-6)7(10)8(9)11/h5-8,11H,3-4H2,1-2H3/t5-,6+,7+,8+/m0/s1. The SMILES string of the molecule is CC1(C)[C@H](O)[C@H](Br)[C@@H]2CC[C@H]1O2. The first kappa shape index (κ1) is 8.97. The van der Waals surface area contributed by atoms with E-state index in [9.17, 15) is 5.11 Å². The molecule has 2 saturated heterocycles. The minimum atomic E-state index is -0.274. The second-order valence-electron chi connectivity index (χ2n) is 4.45. The summed E-state index contributed by atoms with van der Waals surface area (Å²) >= 11 is 3.51. The van der Waals surface area contributed by atoms with E-state index < -0.39 is 0 Å². The van der Waals surface area contributed by atoms with Gasteiger partial charge < -0.3 is 9.84 Å². The molecular weight excluding hydrogens is 220 g/mol. The molecule has 2 nitrogen and oxygen atoms in total. The van der Waals surface area contributed by atoms with Crippen molar-refractivity contribution in [3.8, 4) is 0 Å². The third kappa shape index (κ3) is 1.06. The molecule has 3 heteroatoms. The number of alkyl halides is 1. The van der Waals surface area contributed by atoms with Gasteiger partial charge in [0.25, 0.3) is 0 Å². The number of aliphatic hydroxyl groups is 1. The van der Waals surface area contributed by atoms with Crippen molar-refractivity contribution in [3.63, 3.8) is 0 Å². The monoisotopic (exact) mass is 234 g/mol. The Balaban J connectivity index is 2.26. The van der Waals surface area contributed by atoms with Crippen LogP contribution in [-0.2, 0) is 4.74 Å². The van der Waals surface area contributed by atoms with Crippen molar-refractivity contribution < 1.29 is 9.84 Å². The molecule has 70 valence electrons. The number of hydrogen-bond donors (Lipinski definition) is 1. The van der Waals surface area contributed by atoms with Crippen LogP contribution in [0, 0.1) is 5.41 Å². The molecule has 0 unspecified atom stereocenters. The Kier molecular flexibility index (Phi) is 2.01. The maximum Gasteiger partial charge on any atom is 0.0765 e. The van der Waals surface area contributed by atoms with Crippen LogP contribution >= 0.6 is 15.9 Å². The Morgan fingerprint density at radius 3 is 2.75 bits per heavy atom. The second kappa shape index (κ2) is 2.69. The van der Waals surface area contributed by atoms with Crippen molar-refractivity contribution in [1.29, 1.82) is 0 Å². The number of hydrogen-bond acceptors (Lipinski definition) is 2. The van der Waals surface area contributed by atoms with E-state index in [1.807, 2.05) is 0 Å². The van der Waals surface area contributed by atoms with E-state index >= 15 is 0 Å². The molecule has 2 aliphatic rings. The van der Waals surface area contributed by atoms with E-state index in [0.717, 1.165) is 12.8 Å². The van der Waals surface area contributed by atoms with Crippen LogP contribution in [0.1, 0.15) is 26.7 Å². The van der Waals surface area contributed by atoms with Gasteiger partial charge in [0, 0.05) is 5.41 Å². The van der Waals surface area contributed by atoms with Crippen LogP contribution in [0.3, 0.4) is 0 Å². The van der Waals surface area contributed by atoms with E-state index in [0.29, 0.717) is 0 Å². The molecule has 0 aliphatic carbocycles. The summed E-state index contributed by atoms with van der Waals surface area (Å²) in [6.45, 7) is 4.16. The molecule has 1 N–H and O–H groups in total. The predicted octanol–water partition coefficient (Wildman–Crippen LogP) is 1.70. The predicted molar refractivity (Wildman–Crippen MR) is 50.4 cm³/mol. The minimum absolute atomic E-state index is 0.0961. The fourth-order valence-corrected chi connectivity index (χ4v) is 3.32. The van der Waals surface area contributed by atoms with Gasteiger partial charge in [-0.25, -0.2) is 0 Å². The summed E-state index contributed by atoms with van der Waals surface area (Å²) in [5.74, 6) is 0. The quantitative estimate of drug-likeness (QED) is 0.647. The molecule has 0 radical (unpaired) electrons. The van der Waals surface area contributed by atoms with Crippen molar-refractivity contribution in [2.75, 3.05) is 0 Å². The lowest BCUT2D eigenvalue weighted by molar-refractivity contribution is -0.131. The van der Waals surface area contributed by atoms with Gasteiger partial charge in [-0.15, -0.1) is 0 Å². The van der Waals surface area contributed by atoms with Crippen LogP contribution < -0.4 is 0 Å². The van der Waals surface area contributed by atoms with E-state index in [1.165, 1.54) is 0 Å². The number of halogens is 1. The highest BCUT2D eigenvalue weighted by atomic mass is 79.9. The van der Waals surface area contributed by atoms with Crippen LogP contribution in [0.25, 0.3) is 0 Å². The van der Waals surface area contributed by atoms with Crippen molar-refractivity contribution in [1.82, 2.24) is 0 Å². The Bertz CT molecular complexity index is 193. The van der Waals surface area contributed by atoms with Crippen LogP contribution in [0.4, 0.5) is 0 Å². The first-order chi connectivity index (χ1) is 5.53. The molecular formula is C9H15BrO2. The van der Waals surface area contributed by atoms with Crippen LogP contribution in [-0.4, -0.2) is 28.2 Å². The maximum absolute atomic E-state index is 9.96. The summed E-state index contributed by atoms with van der Waals surface area (Å²) in [4.78, 5) is 0.117. The molecule has 0 spiro atoms. The van der Waals surface area contributed by atoms with Crippen LogP contribution in [0.15, 0.2) is 0 Å². The maximum atomic E-state index is 9.96. The lowest BCUT2D eigenvalue weighted by Gasteiger charge is -2.43. The zero-order valence-corrected chi connectivity index (χ0v) is 9.04. The van der Waals surface area contributed by atoms with Gasteiger partial charge in [-0.2, -0.15) is 0 Å². The summed E-state index contributed by atoms with van der Waals surface area (Å²) in [7, 11) is 0. The highest BCUT2D eigenvalue weighted by Gasteiger charge is 2.52. The molecule has 0 aromatic carbocycles. The molecule has 2 heterocycles. The fourth-order valence-electron chi connectivity index (χ4n) is 2.25. The van der Waals surface area contributed by atoms with Gasteiger partial charge in [0.2, 0.25) is 0 Å². The molecule has 0 aromatic rings. The molecule has 2 fully saturated rings. The molecule has 2 bridgehead atoms. The van der Waals surface area contributed by atoms with E-state index in [2.05, 4.69) is 29.8 Å². The summed E-state index contributed by atoms with van der Waals surface area (Å²) in [6, 6.07) is 0. The minimum Gasteiger partial charge on any atom is -0.391 e. The molecule has 12 heavy (non-hydrogen) atoms. The average molecular weight is 235 g/mol. The fraction of sp³-hybridized carbons (Fsp3) is 1.00. The Morgan fingerprint density at radius 1 is 1.42 bits per heavy atom. The first-order valence-corrected chi connectivity index (χ1v) is 5.42. The second-order valence-corrected chi connectivity index (χ2v) is 5.51. The molecule has 4 atom stereocenters.